The number of amides is 10. The second kappa shape index (κ2) is 23.9. The lowest BCUT2D eigenvalue weighted by Gasteiger charge is -2.37. The smallest absolute Gasteiger partial charge is 0.243 e. The molecule has 3 aliphatic heterocycles. The fourth-order valence-electron chi connectivity index (χ4n) is 8.08. The molecule has 0 spiro atoms. The van der Waals surface area contributed by atoms with E-state index in [0.29, 0.717) is 44.9 Å². The van der Waals surface area contributed by atoms with Crippen molar-refractivity contribution in [3.05, 3.63) is 0 Å². The molecule has 3 aliphatic rings. The Labute approximate surface area is 369 Å². The molecule has 0 aromatic rings. The van der Waals surface area contributed by atoms with E-state index in [-0.39, 0.29) is 32.1 Å². The summed E-state index contributed by atoms with van der Waals surface area (Å²) >= 11 is 0. The van der Waals surface area contributed by atoms with E-state index in [1.165, 1.54) is 47.8 Å². The molecular weight excluding hydrogens is 821 g/mol. The maximum Gasteiger partial charge on any atom is 0.243 e. The van der Waals surface area contributed by atoms with E-state index < -0.39 is 127 Å². The molecule has 8 N–H and O–H groups in total. The van der Waals surface area contributed by atoms with Crippen LogP contribution in [0.4, 0.5) is 0 Å². The number of nitrogens with two attached hydrogens (primary N) is 2. The zero-order valence-corrected chi connectivity index (χ0v) is 38.1. The van der Waals surface area contributed by atoms with Crippen LogP contribution in [0, 0.1) is 11.8 Å². The topological polar surface area (TPSA) is 290 Å². The fraction of sp³-hybridized carbons (Fsp3) is 0.756. The van der Waals surface area contributed by atoms with Crippen LogP contribution in [-0.2, 0) is 47.9 Å². The van der Waals surface area contributed by atoms with Crippen LogP contribution in [0.2, 0.25) is 0 Å². The first-order valence-electron chi connectivity index (χ1n) is 21.8. The molecule has 0 radical (unpaired) electrons. The van der Waals surface area contributed by atoms with E-state index >= 15 is 0 Å². The Morgan fingerprint density at radius 2 is 0.921 bits per heavy atom. The summed E-state index contributed by atoms with van der Waals surface area (Å²) in [4.78, 5) is 142. The SMILES string of the molecule is CC[C@H](C)[C@H]1C(=O)NC[C@@H](N)C(=O)N2CCCC[C@H]2C(=O)NCC(=O)N(C)CC(=O)N(C)[C@@H](C(C)C)C(=O)NC[C@@H](N)C(=O)N2CCCC[C@H]2C(=O)NCC(=O)N(C)CC(=O)N1C. The number of nitrogens with one attached hydrogen (secondary N) is 4. The quantitative estimate of drug-likeness (QED) is 0.159. The summed E-state index contributed by atoms with van der Waals surface area (Å²) in [5.41, 5.74) is 12.6. The van der Waals surface area contributed by atoms with Crippen molar-refractivity contribution in [2.45, 2.75) is 109 Å². The number of piperidine rings is 2. The van der Waals surface area contributed by atoms with Crippen molar-refractivity contribution in [3.63, 3.8) is 0 Å². The van der Waals surface area contributed by atoms with Gasteiger partial charge in [0.05, 0.1) is 26.2 Å². The number of hydrogen-bond donors (Lipinski definition) is 6. The summed E-state index contributed by atoms with van der Waals surface area (Å²) in [7, 11) is 5.59. The molecule has 63 heavy (non-hydrogen) atoms. The van der Waals surface area contributed by atoms with Crippen LogP contribution >= 0.6 is 0 Å². The maximum absolute atomic E-state index is 13.6. The summed E-state index contributed by atoms with van der Waals surface area (Å²) < 4.78 is 0. The van der Waals surface area contributed by atoms with Crippen molar-refractivity contribution in [2.24, 2.45) is 23.3 Å². The second-order valence-electron chi connectivity index (χ2n) is 17.3. The van der Waals surface area contributed by atoms with Crippen LogP contribution in [0.15, 0.2) is 0 Å². The van der Waals surface area contributed by atoms with Gasteiger partial charge in [-0.25, -0.2) is 0 Å². The molecule has 7 atom stereocenters. The van der Waals surface area contributed by atoms with Crippen molar-refractivity contribution in [3.8, 4) is 0 Å². The van der Waals surface area contributed by atoms with Crippen molar-refractivity contribution in [2.75, 3.05) is 80.5 Å². The van der Waals surface area contributed by atoms with Crippen molar-refractivity contribution >= 4 is 59.1 Å². The first kappa shape index (κ1) is 52.0. The zero-order valence-electron chi connectivity index (χ0n) is 38.1. The van der Waals surface area contributed by atoms with Gasteiger partial charge in [-0.15, -0.1) is 0 Å². The first-order valence-corrected chi connectivity index (χ1v) is 21.8. The lowest BCUT2D eigenvalue weighted by molar-refractivity contribution is -0.146. The van der Waals surface area contributed by atoms with Gasteiger partial charge in [-0.05, 0) is 50.4 Å². The number of carbonyl (C=O) groups is 10. The lowest BCUT2D eigenvalue weighted by Crippen LogP contribution is -2.60. The molecule has 3 rings (SSSR count). The van der Waals surface area contributed by atoms with E-state index in [2.05, 4.69) is 21.3 Å². The van der Waals surface area contributed by atoms with E-state index in [9.17, 15) is 47.9 Å². The molecule has 0 aromatic heterocycles. The zero-order chi connectivity index (χ0) is 47.3. The predicted octanol–water partition coefficient (Wildman–Crippen LogP) is -3.85. The predicted molar refractivity (Wildman–Crippen MR) is 229 cm³/mol. The Kier molecular flexibility index (Phi) is 19.7. The number of nitrogens with zero attached hydrogens (tertiary/aromatic N) is 6. The highest BCUT2D eigenvalue weighted by molar-refractivity contribution is 5.96. The minimum absolute atomic E-state index is 0.210. The molecule has 354 valence electrons. The molecule has 3 fully saturated rings. The average Bonchev–Trinajstić information content (AvgIpc) is 3.26. The third-order valence-corrected chi connectivity index (χ3v) is 12.2. The lowest BCUT2D eigenvalue weighted by atomic mass is 9.96. The van der Waals surface area contributed by atoms with Crippen LogP contribution in [0.5, 0.6) is 0 Å². The van der Waals surface area contributed by atoms with E-state index in [1.807, 2.05) is 6.92 Å². The Balaban J connectivity index is 1.88. The molecule has 0 unspecified atom stereocenters. The summed E-state index contributed by atoms with van der Waals surface area (Å²) in [6.45, 7) is 5.02. The molecule has 3 saturated heterocycles. The van der Waals surface area contributed by atoms with Gasteiger partial charge in [0.1, 0.15) is 36.3 Å². The molecule has 0 aromatic carbocycles. The molecule has 22 nitrogen and oxygen atoms in total. The van der Waals surface area contributed by atoms with Gasteiger partial charge >= 0.3 is 0 Å². The molecule has 3 heterocycles. The van der Waals surface area contributed by atoms with Crippen molar-refractivity contribution < 1.29 is 47.9 Å². The molecule has 0 bridgehead atoms. The van der Waals surface area contributed by atoms with Gasteiger partial charge in [0.2, 0.25) is 59.1 Å². The third kappa shape index (κ3) is 13.8. The van der Waals surface area contributed by atoms with Gasteiger partial charge in [0.15, 0.2) is 0 Å². The van der Waals surface area contributed by atoms with Crippen molar-refractivity contribution in [1.82, 2.24) is 50.7 Å². The molecular formula is C41H70N12O10. The first-order chi connectivity index (χ1) is 29.6. The summed E-state index contributed by atoms with van der Waals surface area (Å²) in [6, 6.07) is -6.44. The Bertz CT molecular complexity index is 1710. The normalized spacial score (nSPS) is 28.0. The number of hydrogen-bond acceptors (Lipinski definition) is 12. The minimum atomic E-state index is -1.25. The van der Waals surface area contributed by atoms with E-state index in [4.69, 9.17) is 11.5 Å². The van der Waals surface area contributed by atoms with Gasteiger partial charge < -0.3 is 62.1 Å². The molecule has 22 heteroatoms. The number of likely N-dealkylation sites (N-methyl/N-ethyl adjacent to an activating group) is 4. The summed E-state index contributed by atoms with van der Waals surface area (Å²) in [5, 5.41) is 10.5. The number of fused-ring (bicyclic) bond motifs is 2. The average molecular weight is 891 g/mol. The van der Waals surface area contributed by atoms with Gasteiger partial charge in [-0.1, -0.05) is 34.1 Å². The maximum atomic E-state index is 13.6. The van der Waals surface area contributed by atoms with Gasteiger partial charge in [-0.2, -0.15) is 0 Å². The summed E-state index contributed by atoms with van der Waals surface area (Å²) in [5.74, 6) is -6.68. The van der Waals surface area contributed by atoms with Crippen LogP contribution in [-0.4, -0.2) is 205 Å². The summed E-state index contributed by atoms with van der Waals surface area (Å²) in [6.07, 6.45) is 3.53. The monoisotopic (exact) mass is 891 g/mol. The minimum Gasteiger partial charge on any atom is -0.352 e. The Morgan fingerprint density at radius 3 is 1.30 bits per heavy atom. The van der Waals surface area contributed by atoms with Crippen LogP contribution in [0.25, 0.3) is 0 Å². The van der Waals surface area contributed by atoms with Crippen LogP contribution in [0.3, 0.4) is 0 Å². The highest BCUT2D eigenvalue weighted by atomic mass is 16.2. The Morgan fingerprint density at radius 1 is 0.540 bits per heavy atom. The molecule has 10 amide bonds. The van der Waals surface area contributed by atoms with Crippen molar-refractivity contribution in [1.29, 1.82) is 0 Å². The standard InChI is InChI=1S/C41H70N12O10/c1-9-25(4)35-39(61)45-19-27(43)41(63)53-17-13-11-15-29(53)37(59)46-20-30(54)48(5)22-32(56)50(7)34(24(2)3)38(60)44-18-26(42)40(62)52-16-12-10-14-28(52)36(58)47-21-31(55)49(6)23-33(57)51(35)8/h24-29,34-35H,9-23,42-43H2,1-8H3,(H,44,60)(H,45,61)(H,46,59)(H,47,58)/t25-,26+,27+,28-,29-,34-,35-/m0/s1. The second-order valence-corrected chi connectivity index (χ2v) is 17.3. The van der Waals surface area contributed by atoms with Gasteiger partial charge in [-0.3, -0.25) is 47.9 Å². The number of rotatable bonds is 3. The molecule has 0 aliphatic carbocycles. The van der Waals surface area contributed by atoms with Crippen LogP contribution in [0.1, 0.15) is 72.6 Å². The third-order valence-electron chi connectivity index (χ3n) is 12.2. The van der Waals surface area contributed by atoms with E-state index in [1.54, 1.807) is 20.8 Å². The highest BCUT2D eigenvalue weighted by Gasteiger charge is 2.39. The largest absolute Gasteiger partial charge is 0.352 e. The highest BCUT2D eigenvalue weighted by Crippen LogP contribution is 2.20. The van der Waals surface area contributed by atoms with Gasteiger partial charge in [0, 0.05) is 54.4 Å². The Hall–Kier alpha value is -5.38. The fourth-order valence-corrected chi connectivity index (χ4v) is 8.08. The van der Waals surface area contributed by atoms with Crippen LogP contribution < -0.4 is 32.7 Å². The van der Waals surface area contributed by atoms with E-state index in [0.717, 1.165) is 9.80 Å². The van der Waals surface area contributed by atoms with Gasteiger partial charge in [0.25, 0.3) is 0 Å². The molecule has 0 saturated carbocycles. The number of carbonyl (C=O) groups excluding carboxylic acids is 10.